The summed E-state index contributed by atoms with van der Waals surface area (Å²) in [6.45, 7) is 0. The minimum absolute atomic E-state index is 0.178. The number of nitrogens with one attached hydrogen (secondary N) is 1. The van der Waals surface area contributed by atoms with Crippen LogP contribution in [0, 0.1) is 5.92 Å². The molecule has 0 aliphatic carbocycles. The van der Waals surface area contributed by atoms with E-state index in [0.717, 1.165) is 4.90 Å². The van der Waals surface area contributed by atoms with Crippen LogP contribution >= 0.6 is 0 Å². The molecular weight excluding hydrogens is 437 g/mol. The number of carbonyl (C=O) groups excluding carboxylic acids is 2. The number of nitrogen functional groups attached to an aromatic ring is 1. The van der Waals surface area contributed by atoms with E-state index in [4.69, 9.17) is 15.6 Å². The van der Waals surface area contributed by atoms with Crippen molar-refractivity contribution in [3.63, 3.8) is 0 Å². The van der Waals surface area contributed by atoms with Crippen molar-refractivity contribution in [2.45, 2.75) is 18.6 Å². The van der Waals surface area contributed by atoms with Gasteiger partial charge < -0.3 is 21.3 Å². The molecule has 1 aromatic carbocycles. The average molecular weight is 454 g/mol. The number of aromatic nitrogens is 1. The van der Waals surface area contributed by atoms with Gasteiger partial charge in [0, 0.05) is 11.9 Å². The van der Waals surface area contributed by atoms with E-state index < -0.39 is 42.0 Å². The van der Waals surface area contributed by atoms with Gasteiger partial charge in [0.15, 0.2) is 6.04 Å². The van der Waals surface area contributed by atoms with Crippen LogP contribution in [0.1, 0.15) is 5.56 Å². The average Bonchev–Trinajstić information content (AvgIpc) is 2.70. The molecule has 13 heteroatoms. The molecular formula is C19H17F3N4O6. The molecule has 1 aliphatic heterocycles. The zero-order valence-corrected chi connectivity index (χ0v) is 16.1. The van der Waals surface area contributed by atoms with Gasteiger partial charge in [-0.05, 0) is 36.2 Å². The van der Waals surface area contributed by atoms with Crippen molar-refractivity contribution in [3.05, 3.63) is 54.2 Å². The fourth-order valence-electron chi connectivity index (χ4n) is 2.84. The van der Waals surface area contributed by atoms with Gasteiger partial charge in [-0.25, -0.2) is 24.3 Å². The van der Waals surface area contributed by atoms with Gasteiger partial charge >= 0.3 is 24.1 Å². The number of anilines is 2. The number of nitrogens with zero attached hydrogens (tertiary/aromatic N) is 2. The number of alkyl halides is 3. The summed E-state index contributed by atoms with van der Waals surface area (Å²) < 4.78 is 31.7. The molecule has 0 bridgehead atoms. The minimum atomic E-state index is -5.08. The van der Waals surface area contributed by atoms with Gasteiger partial charge in [0.25, 0.3) is 0 Å². The number of carboxylic acid groups (broad SMARTS) is 2. The van der Waals surface area contributed by atoms with E-state index in [1.165, 1.54) is 6.20 Å². The fraction of sp³-hybridized carbons (Fsp3) is 0.211. The Kier molecular flexibility index (Phi) is 7.36. The number of hydrogen-bond donors (Lipinski definition) is 4. The lowest BCUT2D eigenvalue weighted by Gasteiger charge is -2.42. The zero-order valence-electron chi connectivity index (χ0n) is 16.1. The molecule has 1 aliphatic rings. The molecule has 170 valence electrons. The molecule has 2 aromatic rings. The largest absolute Gasteiger partial charge is 0.490 e. The topological polar surface area (TPSA) is 163 Å². The summed E-state index contributed by atoms with van der Waals surface area (Å²) in [6.07, 6.45) is -3.42. The standard InChI is InChI=1S/C17H16N4O4.C2HF3O2/c18-13-9-10(6-7-19-13)8-12-14(16(23)24)21(15(12)22)17(25)20-11-4-2-1-3-5-11;3-2(4,5)1(6)7/h1-7,9,12,14H,8H2,(H2,18,19)(H,20,25)(H,23,24);(H,6,7)/t12-,14+;/m1./s1. The second-order valence-corrected chi connectivity index (χ2v) is 6.49. The summed E-state index contributed by atoms with van der Waals surface area (Å²) in [7, 11) is 0. The summed E-state index contributed by atoms with van der Waals surface area (Å²) in [4.78, 5) is 49.7. The lowest BCUT2D eigenvalue weighted by molar-refractivity contribution is -0.192. The van der Waals surface area contributed by atoms with E-state index in [-0.39, 0.29) is 12.2 Å². The summed E-state index contributed by atoms with van der Waals surface area (Å²) in [5, 5.41) is 19.1. The summed E-state index contributed by atoms with van der Waals surface area (Å²) in [6, 6.07) is 9.79. The number of carbonyl (C=O) groups is 4. The summed E-state index contributed by atoms with van der Waals surface area (Å²) in [5.74, 6) is -5.05. The van der Waals surface area contributed by atoms with Crippen molar-refractivity contribution in [2.75, 3.05) is 11.1 Å². The third-order valence-electron chi connectivity index (χ3n) is 4.25. The van der Waals surface area contributed by atoms with Crippen molar-refractivity contribution in [1.82, 2.24) is 9.88 Å². The molecule has 10 nitrogen and oxygen atoms in total. The van der Waals surface area contributed by atoms with E-state index in [0.29, 0.717) is 11.3 Å². The number of benzene rings is 1. The van der Waals surface area contributed by atoms with E-state index in [1.54, 1.807) is 42.5 Å². The normalized spacial score (nSPS) is 17.5. The first-order valence-electron chi connectivity index (χ1n) is 8.84. The first-order valence-corrected chi connectivity index (χ1v) is 8.84. The molecule has 0 radical (unpaired) electrons. The number of urea groups is 1. The number of halogens is 3. The van der Waals surface area contributed by atoms with Crippen LogP contribution in [0.3, 0.4) is 0 Å². The van der Waals surface area contributed by atoms with Crippen LogP contribution in [0.2, 0.25) is 0 Å². The van der Waals surface area contributed by atoms with Crippen LogP contribution in [0.15, 0.2) is 48.7 Å². The number of hydrogen-bond acceptors (Lipinski definition) is 6. The third kappa shape index (κ3) is 5.93. The maximum absolute atomic E-state index is 12.4. The quantitative estimate of drug-likeness (QED) is 0.510. The summed E-state index contributed by atoms with van der Waals surface area (Å²) in [5.41, 5.74) is 6.77. The lowest BCUT2D eigenvalue weighted by Crippen LogP contribution is -2.67. The van der Waals surface area contributed by atoms with Crippen molar-refractivity contribution in [3.8, 4) is 0 Å². The number of para-hydroxylation sites is 1. The van der Waals surface area contributed by atoms with Crippen LogP contribution in [0.5, 0.6) is 0 Å². The molecule has 0 saturated carbocycles. The van der Waals surface area contributed by atoms with Crippen LogP contribution < -0.4 is 11.1 Å². The highest BCUT2D eigenvalue weighted by Gasteiger charge is 2.54. The molecule has 1 saturated heterocycles. The monoisotopic (exact) mass is 454 g/mol. The van der Waals surface area contributed by atoms with Crippen molar-refractivity contribution >= 4 is 35.4 Å². The predicted molar refractivity (Wildman–Crippen MR) is 103 cm³/mol. The molecule has 3 amide bonds. The van der Waals surface area contributed by atoms with Gasteiger partial charge in [-0.15, -0.1) is 0 Å². The molecule has 1 aromatic heterocycles. The Bertz CT molecular complexity index is 1020. The Morgan fingerprint density at radius 3 is 2.22 bits per heavy atom. The van der Waals surface area contributed by atoms with Crippen molar-refractivity contribution in [1.29, 1.82) is 0 Å². The zero-order chi connectivity index (χ0) is 24.1. The predicted octanol–water partition coefficient (Wildman–Crippen LogP) is 1.98. The number of rotatable bonds is 4. The number of amides is 3. The molecule has 0 unspecified atom stereocenters. The van der Waals surface area contributed by atoms with Crippen LogP contribution in [-0.2, 0) is 20.8 Å². The van der Waals surface area contributed by atoms with Gasteiger partial charge in [-0.2, -0.15) is 13.2 Å². The van der Waals surface area contributed by atoms with Gasteiger partial charge in [-0.3, -0.25) is 4.79 Å². The summed E-state index contributed by atoms with van der Waals surface area (Å²) >= 11 is 0. The van der Waals surface area contributed by atoms with E-state index in [2.05, 4.69) is 10.3 Å². The molecule has 0 spiro atoms. The van der Waals surface area contributed by atoms with E-state index in [1.807, 2.05) is 0 Å². The van der Waals surface area contributed by atoms with Gasteiger partial charge in [0.2, 0.25) is 5.91 Å². The second-order valence-electron chi connectivity index (χ2n) is 6.49. The Labute approximate surface area is 178 Å². The Hall–Kier alpha value is -4.16. The first kappa shape index (κ1) is 24.1. The molecule has 32 heavy (non-hydrogen) atoms. The first-order chi connectivity index (χ1) is 14.9. The maximum atomic E-state index is 12.4. The number of imide groups is 1. The minimum Gasteiger partial charge on any atom is -0.480 e. The number of likely N-dealkylation sites (tertiary alicyclic amines) is 1. The number of β-lactam (4-membered cyclic amide) rings is 1. The van der Waals surface area contributed by atoms with E-state index >= 15 is 0 Å². The SMILES string of the molecule is Nc1cc(C[C@H]2C(=O)N(C(=O)Nc3ccccc3)[C@@H]2C(=O)O)ccn1.O=C(O)C(F)(F)F. The van der Waals surface area contributed by atoms with Gasteiger partial charge in [0.1, 0.15) is 5.82 Å². The molecule has 3 rings (SSSR count). The molecule has 2 atom stereocenters. The molecule has 5 N–H and O–H groups in total. The van der Waals surface area contributed by atoms with Crippen LogP contribution in [0.25, 0.3) is 0 Å². The highest BCUT2D eigenvalue weighted by molar-refractivity contribution is 6.11. The Morgan fingerprint density at radius 2 is 1.72 bits per heavy atom. The number of aliphatic carboxylic acids is 2. The Morgan fingerprint density at radius 1 is 1.12 bits per heavy atom. The number of nitrogens with two attached hydrogens (primary N) is 1. The smallest absolute Gasteiger partial charge is 0.480 e. The van der Waals surface area contributed by atoms with Gasteiger partial charge in [0.05, 0.1) is 5.92 Å². The van der Waals surface area contributed by atoms with Crippen LogP contribution in [0.4, 0.5) is 29.5 Å². The fourth-order valence-corrected chi connectivity index (χ4v) is 2.84. The second kappa shape index (κ2) is 9.76. The maximum Gasteiger partial charge on any atom is 0.490 e. The molecule has 1 fully saturated rings. The Balaban J connectivity index is 0.000000451. The number of carboxylic acids is 2. The number of pyridine rings is 1. The molecule has 2 heterocycles. The van der Waals surface area contributed by atoms with Crippen molar-refractivity contribution < 1.29 is 42.6 Å². The van der Waals surface area contributed by atoms with Gasteiger partial charge in [-0.1, -0.05) is 18.2 Å². The highest BCUT2D eigenvalue weighted by atomic mass is 19.4. The lowest BCUT2D eigenvalue weighted by atomic mass is 9.82. The highest BCUT2D eigenvalue weighted by Crippen LogP contribution is 2.31. The van der Waals surface area contributed by atoms with Crippen molar-refractivity contribution in [2.24, 2.45) is 5.92 Å². The van der Waals surface area contributed by atoms with E-state index in [9.17, 15) is 32.7 Å². The third-order valence-corrected chi connectivity index (χ3v) is 4.25. The van der Waals surface area contributed by atoms with Crippen LogP contribution in [-0.4, -0.2) is 56.2 Å².